The van der Waals surface area contributed by atoms with Crippen molar-refractivity contribution in [2.24, 2.45) is 0 Å². The van der Waals surface area contributed by atoms with E-state index in [2.05, 4.69) is 29.3 Å². The molecule has 1 aromatic heterocycles. The summed E-state index contributed by atoms with van der Waals surface area (Å²) in [5.74, 6) is 0.430. The van der Waals surface area contributed by atoms with Gasteiger partial charge >= 0.3 is 0 Å². The normalized spacial score (nSPS) is 11.0. The molecular weight excluding hydrogens is 330 g/mol. The molecule has 2 aromatic rings. The number of aliphatic hydroxyl groups excluding tert-OH is 1. The van der Waals surface area contributed by atoms with Crippen molar-refractivity contribution >= 4 is 22.9 Å². The van der Waals surface area contributed by atoms with Gasteiger partial charge in [-0.15, -0.1) is 11.3 Å². The van der Waals surface area contributed by atoms with E-state index < -0.39 is 0 Å². The number of aliphatic hydroxyl groups is 1. The highest BCUT2D eigenvalue weighted by molar-refractivity contribution is 7.12. The zero-order chi connectivity index (χ0) is 17.9. The van der Waals surface area contributed by atoms with Gasteiger partial charge in [0.1, 0.15) is 5.84 Å². The molecular formula is C20H29N3OS. The molecule has 0 saturated heterocycles. The van der Waals surface area contributed by atoms with Gasteiger partial charge in [-0.1, -0.05) is 44.4 Å². The number of benzene rings is 1. The summed E-state index contributed by atoms with van der Waals surface area (Å²) >= 11 is 1.56. The summed E-state index contributed by atoms with van der Waals surface area (Å²) in [5, 5.41) is 22.6. The predicted octanol–water partition coefficient (Wildman–Crippen LogP) is 4.56. The highest BCUT2D eigenvalue weighted by Crippen LogP contribution is 2.16. The Morgan fingerprint density at radius 3 is 2.76 bits per heavy atom. The Labute approximate surface area is 155 Å². The van der Waals surface area contributed by atoms with Crippen LogP contribution in [-0.2, 0) is 6.54 Å². The molecule has 0 unspecified atom stereocenters. The molecule has 0 aliphatic carbocycles. The zero-order valence-electron chi connectivity index (χ0n) is 15.0. The average Bonchev–Trinajstić information content (AvgIpc) is 3.14. The van der Waals surface area contributed by atoms with Crippen molar-refractivity contribution < 1.29 is 5.11 Å². The fourth-order valence-corrected chi connectivity index (χ4v) is 3.44. The average molecular weight is 360 g/mol. The molecule has 1 heterocycles. The molecule has 0 bridgehead atoms. The fraction of sp³-hybridized carbons (Fsp3) is 0.450. The van der Waals surface area contributed by atoms with Crippen molar-refractivity contribution in [1.29, 1.82) is 5.41 Å². The summed E-state index contributed by atoms with van der Waals surface area (Å²) in [6.07, 6.45) is 4.94. The second kappa shape index (κ2) is 11.0. The number of anilines is 1. The van der Waals surface area contributed by atoms with Crippen LogP contribution in [0.5, 0.6) is 0 Å². The third-order valence-electron chi connectivity index (χ3n) is 4.11. The third-order valence-corrected chi connectivity index (χ3v) is 5.00. The third kappa shape index (κ3) is 6.98. The number of rotatable bonds is 11. The summed E-state index contributed by atoms with van der Waals surface area (Å²) < 4.78 is 0. The van der Waals surface area contributed by atoms with Gasteiger partial charge in [0.15, 0.2) is 0 Å². The van der Waals surface area contributed by atoms with E-state index in [1.165, 1.54) is 31.2 Å². The van der Waals surface area contributed by atoms with E-state index in [1.54, 1.807) is 11.3 Å². The van der Waals surface area contributed by atoms with Crippen molar-refractivity contribution in [3.63, 3.8) is 0 Å². The van der Waals surface area contributed by atoms with Gasteiger partial charge in [-0.2, -0.15) is 0 Å². The number of nitrogens with zero attached hydrogens (tertiary/aromatic N) is 1. The van der Waals surface area contributed by atoms with Crippen LogP contribution in [0.15, 0.2) is 41.8 Å². The van der Waals surface area contributed by atoms with Crippen LogP contribution < -0.4 is 5.32 Å². The summed E-state index contributed by atoms with van der Waals surface area (Å²) in [7, 11) is 0. The van der Waals surface area contributed by atoms with Crippen molar-refractivity contribution in [2.75, 3.05) is 25.0 Å². The van der Waals surface area contributed by atoms with Crippen LogP contribution in [0.1, 0.15) is 43.0 Å². The summed E-state index contributed by atoms with van der Waals surface area (Å²) in [6.45, 7) is 4.96. The van der Waals surface area contributed by atoms with Crippen LogP contribution in [0.4, 0.5) is 5.69 Å². The van der Waals surface area contributed by atoms with Crippen molar-refractivity contribution in [3.8, 4) is 0 Å². The molecule has 2 rings (SSSR count). The largest absolute Gasteiger partial charge is 0.395 e. The molecule has 0 atom stereocenters. The molecule has 0 aliphatic rings. The smallest absolute Gasteiger partial charge is 0.140 e. The maximum atomic E-state index is 9.32. The molecule has 5 heteroatoms. The van der Waals surface area contributed by atoms with Gasteiger partial charge in [-0.25, -0.2) is 0 Å². The van der Waals surface area contributed by atoms with Gasteiger partial charge in [0, 0.05) is 18.8 Å². The summed E-state index contributed by atoms with van der Waals surface area (Å²) in [6, 6.07) is 12.1. The topological polar surface area (TPSA) is 59.4 Å². The number of thiophene rings is 1. The number of nitrogens with one attached hydrogen (secondary N) is 2. The minimum absolute atomic E-state index is 0.189. The first-order chi connectivity index (χ1) is 12.2. The minimum Gasteiger partial charge on any atom is -0.395 e. The number of unbranched alkanes of at least 4 members (excludes halogenated alkanes) is 3. The Bertz CT molecular complexity index is 628. The van der Waals surface area contributed by atoms with E-state index in [-0.39, 0.29) is 6.61 Å². The van der Waals surface area contributed by atoms with E-state index in [1.807, 2.05) is 29.6 Å². The monoisotopic (exact) mass is 359 g/mol. The number of amidine groups is 1. The fourth-order valence-electron chi connectivity index (χ4n) is 2.81. The molecule has 0 spiro atoms. The van der Waals surface area contributed by atoms with Crippen LogP contribution in [-0.4, -0.2) is 35.5 Å². The van der Waals surface area contributed by atoms with Gasteiger partial charge in [-0.05, 0) is 42.1 Å². The molecule has 0 radical (unpaired) electrons. The van der Waals surface area contributed by atoms with E-state index in [0.717, 1.165) is 23.7 Å². The van der Waals surface area contributed by atoms with Crippen molar-refractivity contribution in [3.05, 3.63) is 52.2 Å². The first-order valence-corrected chi connectivity index (χ1v) is 9.92. The van der Waals surface area contributed by atoms with Crippen LogP contribution in [0, 0.1) is 5.41 Å². The molecule has 25 heavy (non-hydrogen) atoms. The maximum absolute atomic E-state index is 9.32. The van der Waals surface area contributed by atoms with Crippen LogP contribution in [0.25, 0.3) is 0 Å². The molecule has 136 valence electrons. The van der Waals surface area contributed by atoms with E-state index >= 15 is 0 Å². The molecule has 1 aromatic carbocycles. The Balaban J connectivity index is 1.92. The molecule has 0 saturated carbocycles. The van der Waals surface area contributed by atoms with E-state index in [4.69, 9.17) is 5.41 Å². The van der Waals surface area contributed by atoms with Crippen LogP contribution >= 0.6 is 11.3 Å². The lowest BCUT2D eigenvalue weighted by atomic mass is 10.1. The lowest BCUT2D eigenvalue weighted by Crippen LogP contribution is -2.27. The highest BCUT2D eigenvalue weighted by atomic mass is 32.1. The molecule has 4 nitrogen and oxygen atoms in total. The van der Waals surface area contributed by atoms with E-state index in [0.29, 0.717) is 12.4 Å². The van der Waals surface area contributed by atoms with E-state index in [9.17, 15) is 5.11 Å². The standard InChI is InChI=1S/C20H29N3OS/c1-2-3-4-5-11-23(12-13-24)16-17-8-6-9-18(15-17)22-20(21)19-10-7-14-25-19/h6-10,14-15,24H,2-5,11-13,16H2,1H3,(H2,21,22). The van der Waals surface area contributed by atoms with Crippen molar-refractivity contribution in [2.45, 2.75) is 39.2 Å². The van der Waals surface area contributed by atoms with Gasteiger partial charge in [0.25, 0.3) is 0 Å². The van der Waals surface area contributed by atoms with Crippen LogP contribution in [0.3, 0.4) is 0 Å². The Kier molecular flexibility index (Phi) is 8.66. The number of hydrogen-bond donors (Lipinski definition) is 3. The first-order valence-electron chi connectivity index (χ1n) is 9.04. The Hall–Kier alpha value is -1.69. The summed E-state index contributed by atoms with van der Waals surface area (Å²) in [5.41, 5.74) is 2.14. The SMILES string of the molecule is CCCCCCN(CCO)Cc1cccc(NC(=N)c2cccs2)c1. The van der Waals surface area contributed by atoms with Gasteiger partial charge in [-0.3, -0.25) is 10.3 Å². The molecule has 3 N–H and O–H groups in total. The quantitative estimate of drug-likeness (QED) is 0.313. The molecule has 0 fully saturated rings. The zero-order valence-corrected chi connectivity index (χ0v) is 15.8. The molecule has 0 amide bonds. The highest BCUT2D eigenvalue weighted by Gasteiger charge is 2.07. The second-order valence-corrected chi connectivity index (χ2v) is 7.19. The molecule has 0 aliphatic heterocycles. The van der Waals surface area contributed by atoms with Gasteiger partial charge < -0.3 is 10.4 Å². The minimum atomic E-state index is 0.189. The Morgan fingerprint density at radius 2 is 2.04 bits per heavy atom. The van der Waals surface area contributed by atoms with Crippen LogP contribution in [0.2, 0.25) is 0 Å². The summed E-state index contributed by atoms with van der Waals surface area (Å²) in [4.78, 5) is 3.24. The van der Waals surface area contributed by atoms with Crippen molar-refractivity contribution in [1.82, 2.24) is 4.90 Å². The first kappa shape index (κ1) is 19.6. The van der Waals surface area contributed by atoms with Gasteiger partial charge in [0.2, 0.25) is 0 Å². The van der Waals surface area contributed by atoms with Gasteiger partial charge in [0.05, 0.1) is 11.5 Å². The Morgan fingerprint density at radius 1 is 1.16 bits per heavy atom. The maximum Gasteiger partial charge on any atom is 0.140 e. The lowest BCUT2D eigenvalue weighted by molar-refractivity contribution is 0.187. The predicted molar refractivity (Wildman–Crippen MR) is 108 cm³/mol. The lowest BCUT2D eigenvalue weighted by Gasteiger charge is -2.21. The number of hydrogen-bond acceptors (Lipinski definition) is 4. The second-order valence-electron chi connectivity index (χ2n) is 6.24.